The van der Waals surface area contributed by atoms with E-state index in [9.17, 15) is 9.59 Å². The van der Waals surface area contributed by atoms with Gasteiger partial charge < -0.3 is 24.3 Å². The predicted molar refractivity (Wildman–Crippen MR) is 149 cm³/mol. The quantitative estimate of drug-likeness (QED) is 0.246. The molecule has 0 bridgehead atoms. The molecule has 0 radical (unpaired) electrons. The molecule has 0 saturated carbocycles. The average Bonchev–Trinajstić information content (AvgIpc) is 3.42. The van der Waals surface area contributed by atoms with Gasteiger partial charge in [-0.3, -0.25) is 9.79 Å². The van der Waals surface area contributed by atoms with Gasteiger partial charge in [-0.05, 0) is 47.9 Å². The highest BCUT2D eigenvalue weighted by atomic mass is 35.5. The van der Waals surface area contributed by atoms with Crippen molar-refractivity contribution in [2.75, 3.05) is 46.7 Å². The Morgan fingerprint density at radius 1 is 1.13 bits per heavy atom. The summed E-state index contributed by atoms with van der Waals surface area (Å²) in [6.45, 7) is 6.31. The number of carbonyl (C=O) groups is 2. The SMILES string of the molecule is CCOC(=O)C1=C(COCCOCCNCc2ccsc2)N=C(C)C(C(=O)OC)C1c1cccc(Cl)c1Cl. The zero-order chi connectivity index (χ0) is 27.5. The standard InChI is InChI=1S/C27H32Cl2N2O6S/c1-4-37-27(33)24-21(15-36-12-11-35-10-9-30-14-18-8-13-38-16-18)31-17(2)22(26(32)34-3)23(24)19-6-5-7-20(28)25(19)29/h5-8,13,16,22-23,30H,4,9-12,14-15H2,1-3H3. The molecule has 1 aliphatic rings. The maximum absolute atomic E-state index is 13.2. The second-order valence-corrected chi connectivity index (χ2v) is 9.99. The first-order chi connectivity index (χ1) is 18.4. The van der Waals surface area contributed by atoms with Crippen molar-refractivity contribution >= 4 is 52.2 Å². The Kier molecular flexibility index (Phi) is 12.2. The summed E-state index contributed by atoms with van der Waals surface area (Å²) in [5, 5.41) is 8.02. The van der Waals surface area contributed by atoms with Crippen molar-refractivity contribution < 1.29 is 28.5 Å². The van der Waals surface area contributed by atoms with Gasteiger partial charge in [0.2, 0.25) is 0 Å². The number of thiophene rings is 1. The molecular weight excluding hydrogens is 551 g/mol. The lowest BCUT2D eigenvalue weighted by Crippen LogP contribution is -2.37. The Morgan fingerprint density at radius 2 is 1.92 bits per heavy atom. The van der Waals surface area contributed by atoms with E-state index in [0.717, 1.165) is 6.54 Å². The molecule has 0 spiro atoms. The number of rotatable bonds is 14. The number of nitrogens with one attached hydrogen (secondary N) is 1. The maximum Gasteiger partial charge on any atom is 0.336 e. The van der Waals surface area contributed by atoms with Crippen LogP contribution in [0.3, 0.4) is 0 Å². The van der Waals surface area contributed by atoms with Crippen LogP contribution in [0.2, 0.25) is 10.0 Å². The van der Waals surface area contributed by atoms with Crippen molar-refractivity contribution in [3.05, 3.63) is 67.5 Å². The van der Waals surface area contributed by atoms with Gasteiger partial charge in [0.05, 0.1) is 61.5 Å². The summed E-state index contributed by atoms with van der Waals surface area (Å²) < 4.78 is 21.9. The second-order valence-electron chi connectivity index (χ2n) is 8.43. The van der Waals surface area contributed by atoms with Crippen molar-refractivity contribution in [3.63, 3.8) is 0 Å². The number of aliphatic imine (C=N–C) groups is 1. The van der Waals surface area contributed by atoms with E-state index in [1.807, 2.05) is 5.38 Å². The molecule has 2 unspecified atom stereocenters. The van der Waals surface area contributed by atoms with Crippen LogP contribution < -0.4 is 5.32 Å². The van der Waals surface area contributed by atoms with Crippen molar-refractivity contribution in [3.8, 4) is 0 Å². The molecule has 206 valence electrons. The average molecular weight is 584 g/mol. The summed E-state index contributed by atoms with van der Waals surface area (Å²) in [5.41, 5.74) is 2.77. The van der Waals surface area contributed by atoms with Crippen LogP contribution in [0.1, 0.15) is 30.9 Å². The monoisotopic (exact) mass is 582 g/mol. The largest absolute Gasteiger partial charge is 0.468 e. The molecule has 1 aromatic carbocycles. The fourth-order valence-electron chi connectivity index (χ4n) is 4.18. The smallest absolute Gasteiger partial charge is 0.336 e. The minimum absolute atomic E-state index is 0.0217. The lowest BCUT2D eigenvalue weighted by Gasteiger charge is -2.32. The van der Waals surface area contributed by atoms with Crippen LogP contribution in [0.5, 0.6) is 0 Å². The van der Waals surface area contributed by atoms with E-state index in [2.05, 4.69) is 21.8 Å². The lowest BCUT2D eigenvalue weighted by molar-refractivity contribution is -0.144. The van der Waals surface area contributed by atoms with Gasteiger partial charge in [-0.15, -0.1) is 0 Å². The molecule has 1 aliphatic heterocycles. The summed E-state index contributed by atoms with van der Waals surface area (Å²) >= 11 is 14.5. The number of hydrogen-bond donors (Lipinski definition) is 1. The van der Waals surface area contributed by atoms with E-state index >= 15 is 0 Å². The van der Waals surface area contributed by atoms with E-state index in [4.69, 9.17) is 42.1 Å². The van der Waals surface area contributed by atoms with Crippen molar-refractivity contribution in [1.29, 1.82) is 0 Å². The van der Waals surface area contributed by atoms with Crippen LogP contribution in [0.25, 0.3) is 0 Å². The molecule has 3 rings (SSSR count). The van der Waals surface area contributed by atoms with Crippen LogP contribution in [0.4, 0.5) is 0 Å². The van der Waals surface area contributed by atoms with Gasteiger partial charge in [-0.2, -0.15) is 11.3 Å². The molecule has 8 nitrogen and oxygen atoms in total. The fourth-order valence-corrected chi connectivity index (χ4v) is 5.28. The van der Waals surface area contributed by atoms with E-state index in [1.54, 1.807) is 43.4 Å². The molecule has 38 heavy (non-hydrogen) atoms. The summed E-state index contributed by atoms with van der Waals surface area (Å²) in [7, 11) is 1.29. The normalized spacial score (nSPS) is 17.3. The maximum atomic E-state index is 13.2. The highest BCUT2D eigenvalue weighted by Gasteiger charge is 2.44. The molecule has 0 aliphatic carbocycles. The summed E-state index contributed by atoms with van der Waals surface area (Å²) in [6.07, 6.45) is 0. The van der Waals surface area contributed by atoms with E-state index in [1.165, 1.54) is 12.7 Å². The number of methoxy groups -OCH3 is 1. The summed E-state index contributed by atoms with van der Waals surface area (Å²) in [5.74, 6) is -2.85. The highest BCUT2D eigenvalue weighted by molar-refractivity contribution is 7.07. The first-order valence-electron chi connectivity index (χ1n) is 12.2. The van der Waals surface area contributed by atoms with Crippen molar-refractivity contribution in [2.45, 2.75) is 26.3 Å². The van der Waals surface area contributed by atoms with Gasteiger partial charge in [-0.25, -0.2) is 4.79 Å². The Morgan fingerprint density at radius 3 is 2.63 bits per heavy atom. The first-order valence-corrected chi connectivity index (χ1v) is 13.9. The number of carbonyl (C=O) groups excluding carboxylic acids is 2. The van der Waals surface area contributed by atoms with Crippen LogP contribution in [0, 0.1) is 5.92 Å². The van der Waals surface area contributed by atoms with Gasteiger partial charge in [0.1, 0.15) is 5.92 Å². The number of halogens is 2. The predicted octanol–water partition coefficient (Wildman–Crippen LogP) is 5.04. The van der Waals surface area contributed by atoms with Crippen molar-refractivity contribution in [2.24, 2.45) is 10.9 Å². The highest BCUT2D eigenvalue weighted by Crippen LogP contribution is 2.44. The number of benzene rings is 1. The second kappa shape index (κ2) is 15.4. The van der Waals surface area contributed by atoms with E-state index in [-0.39, 0.29) is 23.8 Å². The zero-order valence-electron chi connectivity index (χ0n) is 21.6. The Labute approximate surface area is 236 Å². The molecule has 1 aromatic heterocycles. The number of esters is 2. The van der Waals surface area contributed by atoms with Crippen LogP contribution in [-0.2, 0) is 35.1 Å². The van der Waals surface area contributed by atoms with Crippen molar-refractivity contribution in [1.82, 2.24) is 5.32 Å². The van der Waals surface area contributed by atoms with Crippen LogP contribution in [-0.4, -0.2) is 64.3 Å². The van der Waals surface area contributed by atoms with Crippen LogP contribution in [0.15, 0.2) is 51.3 Å². The van der Waals surface area contributed by atoms with Gasteiger partial charge in [-0.1, -0.05) is 35.3 Å². The van der Waals surface area contributed by atoms with E-state index in [0.29, 0.717) is 48.4 Å². The topological polar surface area (TPSA) is 95.5 Å². The summed E-state index contributed by atoms with van der Waals surface area (Å²) in [4.78, 5) is 30.6. The van der Waals surface area contributed by atoms with Gasteiger partial charge in [0.25, 0.3) is 0 Å². The minimum atomic E-state index is -0.885. The number of hydrogen-bond acceptors (Lipinski definition) is 9. The third-order valence-electron chi connectivity index (χ3n) is 5.93. The molecule has 2 aromatic rings. The zero-order valence-corrected chi connectivity index (χ0v) is 24.0. The van der Waals surface area contributed by atoms with Gasteiger partial charge in [0.15, 0.2) is 0 Å². The molecular formula is C27H32Cl2N2O6S. The molecule has 2 heterocycles. The molecule has 11 heteroatoms. The molecule has 0 fully saturated rings. The third-order valence-corrected chi connectivity index (χ3v) is 7.49. The fraction of sp³-hybridized carbons (Fsp3) is 0.444. The summed E-state index contributed by atoms with van der Waals surface area (Å²) in [6, 6.07) is 7.16. The molecule has 1 N–H and O–H groups in total. The third kappa shape index (κ3) is 7.88. The number of ether oxygens (including phenoxy) is 4. The molecule has 0 saturated heterocycles. The first kappa shape index (κ1) is 30.3. The lowest BCUT2D eigenvalue weighted by atomic mass is 9.75. The van der Waals surface area contributed by atoms with Gasteiger partial charge in [0, 0.05) is 24.7 Å². The number of nitrogens with zero attached hydrogens (tertiary/aromatic N) is 1. The Balaban J connectivity index is 1.72. The molecule has 0 amide bonds. The van der Waals surface area contributed by atoms with E-state index < -0.39 is 23.8 Å². The Hall–Kier alpha value is -2.27. The van der Waals surface area contributed by atoms with Crippen LogP contribution >= 0.6 is 34.5 Å². The minimum Gasteiger partial charge on any atom is -0.468 e. The Bertz CT molecular complexity index is 1150. The molecule has 2 atom stereocenters. The van der Waals surface area contributed by atoms with Gasteiger partial charge >= 0.3 is 11.9 Å².